The van der Waals surface area contributed by atoms with Crippen LogP contribution in [0.5, 0.6) is 5.75 Å². The maximum absolute atomic E-state index is 13.6. The van der Waals surface area contributed by atoms with Gasteiger partial charge in [-0.25, -0.2) is 12.8 Å². The molecule has 0 aliphatic carbocycles. The Morgan fingerprint density at radius 2 is 1.86 bits per heavy atom. The van der Waals surface area contributed by atoms with E-state index in [0.717, 1.165) is 11.6 Å². The third-order valence-corrected chi connectivity index (χ3v) is 4.75. The monoisotopic (exact) mass is 323 g/mol. The molecule has 2 rings (SSSR count). The van der Waals surface area contributed by atoms with Crippen LogP contribution in [0, 0.1) is 5.82 Å². The number of sulfonamides is 1. The van der Waals surface area contributed by atoms with Crippen LogP contribution in [0.3, 0.4) is 0 Å². The Bertz CT molecular complexity index is 732. The van der Waals surface area contributed by atoms with E-state index in [4.69, 9.17) is 4.74 Å². The van der Waals surface area contributed by atoms with Gasteiger partial charge in [-0.05, 0) is 23.6 Å². The van der Waals surface area contributed by atoms with Gasteiger partial charge in [0.05, 0.1) is 18.6 Å². The molecular formula is C16H18FNO3S. The number of nitrogens with one attached hydrogen (secondary N) is 1. The largest absolute Gasteiger partial charge is 0.494 e. The number of hydrogen-bond acceptors (Lipinski definition) is 3. The van der Waals surface area contributed by atoms with E-state index >= 15 is 0 Å². The number of methoxy groups -OCH3 is 1. The molecule has 0 aliphatic rings. The van der Waals surface area contributed by atoms with Crippen molar-refractivity contribution in [1.82, 2.24) is 0 Å². The molecule has 0 unspecified atom stereocenters. The predicted molar refractivity (Wildman–Crippen MR) is 85.2 cm³/mol. The van der Waals surface area contributed by atoms with E-state index in [9.17, 15) is 12.8 Å². The van der Waals surface area contributed by atoms with Crippen molar-refractivity contribution in [1.29, 1.82) is 0 Å². The van der Waals surface area contributed by atoms with Crippen molar-refractivity contribution in [3.8, 4) is 5.75 Å². The lowest BCUT2D eigenvalue weighted by Crippen LogP contribution is -2.20. The molecule has 6 heteroatoms. The van der Waals surface area contributed by atoms with Crippen molar-refractivity contribution in [2.75, 3.05) is 17.6 Å². The highest BCUT2D eigenvalue weighted by Gasteiger charge is 2.17. The number of benzene rings is 2. The Kier molecular flexibility index (Phi) is 5.03. The van der Waals surface area contributed by atoms with Gasteiger partial charge in [0.2, 0.25) is 10.0 Å². The van der Waals surface area contributed by atoms with Crippen LogP contribution in [0.25, 0.3) is 0 Å². The van der Waals surface area contributed by atoms with Gasteiger partial charge in [0, 0.05) is 6.07 Å². The predicted octanol–water partition coefficient (Wildman–Crippen LogP) is 3.38. The Morgan fingerprint density at radius 3 is 2.45 bits per heavy atom. The Balaban J connectivity index is 2.09. The first-order valence-electron chi connectivity index (χ1n) is 6.80. The number of halogens is 1. The second-order valence-electron chi connectivity index (χ2n) is 5.04. The van der Waals surface area contributed by atoms with Crippen molar-refractivity contribution in [2.24, 2.45) is 0 Å². The minimum Gasteiger partial charge on any atom is -0.494 e. The van der Waals surface area contributed by atoms with Crippen LogP contribution in [-0.4, -0.2) is 21.3 Å². The van der Waals surface area contributed by atoms with E-state index in [-0.39, 0.29) is 23.1 Å². The molecule has 1 N–H and O–H groups in total. The van der Waals surface area contributed by atoms with Crippen LogP contribution in [0.15, 0.2) is 48.5 Å². The lowest BCUT2D eigenvalue weighted by atomic mass is 10.0. The third kappa shape index (κ3) is 4.21. The van der Waals surface area contributed by atoms with Crippen LogP contribution >= 0.6 is 0 Å². The minimum absolute atomic E-state index is 0.0700. The highest BCUT2D eigenvalue weighted by molar-refractivity contribution is 7.92. The first-order valence-corrected chi connectivity index (χ1v) is 8.45. The number of hydrogen-bond donors (Lipinski definition) is 1. The van der Waals surface area contributed by atoms with Crippen LogP contribution in [0.1, 0.15) is 18.4 Å². The van der Waals surface area contributed by atoms with E-state index < -0.39 is 15.8 Å². The average molecular weight is 323 g/mol. The smallest absolute Gasteiger partial charge is 0.233 e. The first kappa shape index (κ1) is 16.3. The summed E-state index contributed by atoms with van der Waals surface area (Å²) < 4.78 is 45.2. The molecular weight excluding hydrogens is 305 g/mol. The van der Waals surface area contributed by atoms with Crippen molar-refractivity contribution in [3.63, 3.8) is 0 Å². The summed E-state index contributed by atoms with van der Waals surface area (Å²) in [6.45, 7) is 1.84. The zero-order valence-corrected chi connectivity index (χ0v) is 13.2. The summed E-state index contributed by atoms with van der Waals surface area (Å²) >= 11 is 0. The Morgan fingerprint density at radius 1 is 1.18 bits per heavy atom. The molecule has 0 radical (unpaired) electrons. The van der Waals surface area contributed by atoms with Crippen molar-refractivity contribution < 1.29 is 17.5 Å². The number of rotatable bonds is 6. The molecule has 2 aromatic rings. The SMILES string of the molecule is COc1ccc(NS(=O)(=O)C[C@@H](C)c2ccccc2)cc1F. The lowest BCUT2D eigenvalue weighted by molar-refractivity contribution is 0.386. The molecule has 0 aromatic heterocycles. The van der Waals surface area contributed by atoms with Gasteiger partial charge in [0.1, 0.15) is 0 Å². The van der Waals surface area contributed by atoms with Gasteiger partial charge in [-0.3, -0.25) is 4.72 Å². The molecule has 0 spiro atoms. The number of ether oxygens (including phenoxy) is 1. The summed E-state index contributed by atoms with van der Waals surface area (Å²) in [4.78, 5) is 0. The van der Waals surface area contributed by atoms with Crippen LogP contribution in [0.2, 0.25) is 0 Å². The maximum Gasteiger partial charge on any atom is 0.233 e. The minimum atomic E-state index is -3.58. The maximum atomic E-state index is 13.6. The van der Waals surface area contributed by atoms with Crippen molar-refractivity contribution in [2.45, 2.75) is 12.8 Å². The summed E-state index contributed by atoms with van der Waals surface area (Å²) in [5.74, 6) is -0.786. The standard InChI is InChI=1S/C16H18FNO3S/c1-12(13-6-4-3-5-7-13)11-22(19,20)18-14-8-9-16(21-2)15(17)10-14/h3-10,12,18H,11H2,1-2H3/t12-/m1/s1. The summed E-state index contributed by atoms with van der Waals surface area (Å²) in [6.07, 6.45) is 0. The van der Waals surface area contributed by atoms with Crippen LogP contribution < -0.4 is 9.46 Å². The molecule has 0 fully saturated rings. The topological polar surface area (TPSA) is 55.4 Å². The van der Waals surface area contributed by atoms with Gasteiger partial charge in [-0.1, -0.05) is 37.3 Å². The summed E-state index contributed by atoms with van der Waals surface area (Å²) in [7, 11) is -2.22. The lowest BCUT2D eigenvalue weighted by Gasteiger charge is -2.14. The molecule has 0 saturated heterocycles. The van der Waals surface area contributed by atoms with Gasteiger partial charge in [0.25, 0.3) is 0 Å². The van der Waals surface area contributed by atoms with Gasteiger partial charge in [-0.15, -0.1) is 0 Å². The Labute approximate surface area is 130 Å². The van der Waals surface area contributed by atoms with E-state index in [1.54, 1.807) is 0 Å². The second kappa shape index (κ2) is 6.79. The molecule has 22 heavy (non-hydrogen) atoms. The van der Waals surface area contributed by atoms with Gasteiger partial charge >= 0.3 is 0 Å². The first-order chi connectivity index (χ1) is 10.4. The molecule has 0 bridgehead atoms. The van der Waals surface area contributed by atoms with Crippen molar-refractivity contribution >= 4 is 15.7 Å². The highest BCUT2D eigenvalue weighted by atomic mass is 32.2. The highest BCUT2D eigenvalue weighted by Crippen LogP contribution is 2.23. The fraction of sp³-hybridized carbons (Fsp3) is 0.250. The van der Waals surface area contributed by atoms with Crippen molar-refractivity contribution in [3.05, 3.63) is 59.9 Å². The normalized spacial score (nSPS) is 12.7. The average Bonchev–Trinajstić information content (AvgIpc) is 2.47. The van der Waals surface area contributed by atoms with E-state index in [2.05, 4.69) is 4.72 Å². The zero-order valence-electron chi connectivity index (χ0n) is 12.4. The van der Waals surface area contributed by atoms with E-state index in [0.29, 0.717) is 0 Å². The summed E-state index contributed by atoms with van der Waals surface area (Å²) in [5.41, 5.74) is 1.12. The zero-order chi connectivity index (χ0) is 16.2. The van der Waals surface area contributed by atoms with E-state index in [1.807, 2.05) is 37.3 Å². The Hall–Kier alpha value is -2.08. The summed E-state index contributed by atoms with van der Waals surface area (Å²) in [5, 5.41) is 0. The van der Waals surface area contributed by atoms with Crippen LogP contribution in [0.4, 0.5) is 10.1 Å². The third-order valence-electron chi connectivity index (χ3n) is 3.26. The fourth-order valence-corrected chi connectivity index (χ4v) is 3.58. The molecule has 0 heterocycles. The number of anilines is 1. The summed E-state index contributed by atoms with van der Waals surface area (Å²) in [6, 6.07) is 13.3. The molecule has 0 amide bonds. The van der Waals surface area contributed by atoms with Gasteiger partial charge < -0.3 is 4.74 Å². The van der Waals surface area contributed by atoms with E-state index in [1.165, 1.54) is 19.2 Å². The molecule has 1 atom stereocenters. The molecule has 118 valence electrons. The molecule has 2 aromatic carbocycles. The molecule has 0 aliphatic heterocycles. The van der Waals surface area contributed by atoms with Gasteiger partial charge in [-0.2, -0.15) is 0 Å². The van der Waals surface area contributed by atoms with Gasteiger partial charge in [0.15, 0.2) is 11.6 Å². The quantitative estimate of drug-likeness (QED) is 0.886. The second-order valence-corrected chi connectivity index (χ2v) is 6.81. The fourth-order valence-electron chi connectivity index (χ4n) is 2.16. The van der Waals surface area contributed by atoms with Crippen LogP contribution in [-0.2, 0) is 10.0 Å². The molecule has 0 saturated carbocycles. The molecule has 4 nitrogen and oxygen atoms in total.